The fourth-order valence-corrected chi connectivity index (χ4v) is 2.74. The predicted octanol–water partition coefficient (Wildman–Crippen LogP) is 2.89. The van der Waals surface area contributed by atoms with Crippen LogP contribution < -0.4 is 20.5 Å². The molecule has 0 saturated heterocycles. The summed E-state index contributed by atoms with van der Waals surface area (Å²) in [5.41, 5.74) is 7.20. The molecule has 0 bridgehead atoms. The number of nitrogens with zero attached hydrogens (tertiary/aromatic N) is 1. The fourth-order valence-electron chi connectivity index (χ4n) is 2.01. The Kier molecular flexibility index (Phi) is 5.95. The largest absolute Gasteiger partial charge is 0.497 e. The van der Waals surface area contributed by atoms with Crippen LogP contribution in [0.2, 0.25) is 0 Å². The number of thiazole rings is 1. The molecule has 1 amide bonds. The molecule has 0 saturated carbocycles. The molecule has 6 nitrogen and oxygen atoms in total. The van der Waals surface area contributed by atoms with Gasteiger partial charge in [-0.25, -0.2) is 4.98 Å². The van der Waals surface area contributed by atoms with Crippen LogP contribution in [-0.4, -0.2) is 31.2 Å². The number of amides is 1. The Bertz CT molecular complexity index is 670. The molecule has 2 aromatic rings. The quantitative estimate of drug-likeness (QED) is 0.812. The zero-order chi connectivity index (χ0) is 16.8. The number of methoxy groups -OCH3 is 2. The molecular formula is C16H21N3O3S. The highest BCUT2D eigenvalue weighted by atomic mass is 32.1. The van der Waals surface area contributed by atoms with E-state index in [9.17, 15) is 4.79 Å². The lowest BCUT2D eigenvalue weighted by Crippen LogP contribution is -2.19. The molecule has 3 N–H and O–H groups in total. The van der Waals surface area contributed by atoms with Gasteiger partial charge in [0.15, 0.2) is 5.13 Å². The van der Waals surface area contributed by atoms with E-state index in [0.29, 0.717) is 23.7 Å². The SMILES string of the molecule is COc1ccc(OC)c(-c2csc(NC(=O)CCC(C)N)n2)c1. The maximum Gasteiger partial charge on any atom is 0.226 e. The molecule has 124 valence electrons. The zero-order valence-corrected chi connectivity index (χ0v) is 14.3. The Hall–Kier alpha value is -2.12. The van der Waals surface area contributed by atoms with Gasteiger partial charge in [-0.05, 0) is 31.5 Å². The van der Waals surface area contributed by atoms with Gasteiger partial charge in [-0.15, -0.1) is 11.3 Å². The molecule has 0 radical (unpaired) electrons. The van der Waals surface area contributed by atoms with E-state index in [4.69, 9.17) is 15.2 Å². The van der Waals surface area contributed by atoms with Gasteiger partial charge in [0.1, 0.15) is 11.5 Å². The molecule has 0 aliphatic rings. The van der Waals surface area contributed by atoms with Gasteiger partial charge in [0, 0.05) is 23.4 Å². The van der Waals surface area contributed by atoms with E-state index in [1.807, 2.05) is 30.5 Å². The molecule has 1 aromatic carbocycles. The highest BCUT2D eigenvalue weighted by Crippen LogP contribution is 2.35. The summed E-state index contributed by atoms with van der Waals surface area (Å²) in [6.07, 6.45) is 1.03. The third kappa shape index (κ3) is 4.67. The van der Waals surface area contributed by atoms with E-state index in [1.165, 1.54) is 11.3 Å². The Morgan fingerprint density at radius 1 is 1.39 bits per heavy atom. The second-order valence-corrected chi connectivity index (χ2v) is 6.03. The van der Waals surface area contributed by atoms with Crippen molar-refractivity contribution in [2.75, 3.05) is 19.5 Å². The average molecular weight is 335 g/mol. The standard InChI is InChI=1S/C16H21N3O3S/c1-10(17)4-7-15(20)19-16-18-13(9-23-16)12-8-11(21-2)5-6-14(12)22-3/h5-6,8-10H,4,7,17H2,1-3H3,(H,18,19,20). The molecule has 7 heteroatoms. The number of nitrogens with two attached hydrogens (primary N) is 1. The highest BCUT2D eigenvalue weighted by Gasteiger charge is 2.13. The Labute approximate surface area is 139 Å². The summed E-state index contributed by atoms with van der Waals surface area (Å²) in [4.78, 5) is 16.3. The van der Waals surface area contributed by atoms with Gasteiger partial charge in [-0.1, -0.05) is 0 Å². The minimum Gasteiger partial charge on any atom is -0.497 e. The van der Waals surface area contributed by atoms with Crippen molar-refractivity contribution in [1.82, 2.24) is 4.98 Å². The van der Waals surface area contributed by atoms with Crippen LogP contribution in [0.4, 0.5) is 5.13 Å². The predicted molar refractivity (Wildman–Crippen MR) is 92.2 cm³/mol. The van der Waals surface area contributed by atoms with Gasteiger partial charge in [-0.2, -0.15) is 0 Å². The van der Waals surface area contributed by atoms with Gasteiger partial charge >= 0.3 is 0 Å². The number of rotatable bonds is 7. The smallest absolute Gasteiger partial charge is 0.226 e. The average Bonchev–Trinajstić information content (AvgIpc) is 3.00. The van der Waals surface area contributed by atoms with Crippen molar-refractivity contribution in [3.8, 4) is 22.8 Å². The monoisotopic (exact) mass is 335 g/mol. The lowest BCUT2D eigenvalue weighted by molar-refractivity contribution is -0.116. The fraction of sp³-hybridized carbons (Fsp3) is 0.375. The van der Waals surface area contributed by atoms with Crippen molar-refractivity contribution in [3.63, 3.8) is 0 Å². The number of hydrogen-bond acceptors (Lipinski definition) is 6. The Morgan fingerprint density at radius 3 is 2.83 bits per heavy atom. The minimum absolute atomic E-state index is 0.00801. The topological polar surface area (TPSA) is 86.5 Å². The second kappa shape index (κ2) is 7.94. The second-order valence-electron chi connectivity index (χ2n) is 5.17. The summed E-state index contributed by atoms with van der Waals surface area (Å²) in [7, 11) is 3.21. The summed E-state index contributed by atoms with van der Waals surface area (Å²) >= 11 is 1.37. The van der Waals surface area contributed by atoms with E-state index < -0.39 is 0 Å². The van der Waals surface area contributed by atoms with Gasteiger partial charge < -0.3 is 20.5 Å². The van der Waals surface area contributed by atoms with Crippen molar-refractivity contribution in [3.05, 3.63) is 23.6 Å². The maximum absolute atomic E-state index is 11.8. The Morgan fingerprint density at radius 2 is 2.17 bits per heavy atom. The molecule has 2 rings (SSSR count). The third-order valence-corrected chi connectivity index (χ3v) is 4.02. The summed E-state index contributed by atoms with van der Waals surface area (Å²) in [6, 6.07) is 5.52. The number of aromatic nitrogens is 1. The lowest BCUT2D eigenvalue weighted by Gasteiger charge is -2.08. The van der Waals surface area contributed by atoms with E-state index in [1.54, 1.807) is 14.2 Å². The van der Waals surface area contributed by atoms with E-state index in [-0.39, 0.29) is 11.9 Å². The van der Waals surface area contributed by atoms with E-state index in [0.717, 1.165) is 17.0 Å². The third-order valence-electron chi connectivity index (χ3n) is 3.26. The van der Waals surface area contributed by atoms with Gasteiger partial charge in [0.25, 0.3) is 0 Å². The maximum atomic E-state index is 11.8. The van der Waals surface area contributed by atoms with Gasteiger partial charge in [-0.3, -0.25) is 4.79 Å². The molecule has 23 heavy (non-hydrogen) atoms. The van der Waals surface area contributed by atoms with Crippen LogP contribution in [0.15, 0.2) is 23.6 Å². The number of ether oxygens (including phenoxy) is 2. The molecular weight excluding hydrogens is 314 g/mol. The van der Waals surface area contributed by atoms with Crippen molar-refractivity contribution in [1.29, 1.82) is 0 Å². The molecule has 1 aromatic heterocycles. The van der Waals surface area contributed by atoms with Crippen LogP contribution >= 0.6 is 11.3 Å². The van der Waals surface area contributed by atoms with Crippen molar-refractivity contribution >= 4 is 22.4 Å². The van der Waals surface area contributed by atoms with Gasteiger partial charge in [0.2, 0.25) is 5.91 Å². The van der Waals surface area contributed by atoms with Crippen LogP contribution in [-0.2, 0) is 4.79 Å². The van der Waals surface area contributed by atoms with Crippen molar-refractivity contribution in [2.45, 2.75) is 25.8 Å². The number of nitrogens with one attached hydrogen (secondary N) is 1. The molecule has 0 aliphatic carbocycles. The van der Waals surface area contributed by atoms with Crippen molar-refractivity contribution in [2.24, 2.45) is 5.73 Å². The number of carbonyl (C=O) groups excluding carboxylic acids is 1. The first-order chi connectivity index (χ1) is 11.0. The van der Waals surface area contributed by atoms with Crippen LogP contribution in [0.25, 0.3) is 11.3 Å². The van der Waals surface area contributed by atoms with Crippen LogP contribution in [0, 0.1) is 0 Å². The molecule has 0 spiro atoms. The summed E-state index contributed by atoms with van der Waals surface area (Å²) in [5.74, 6) is 1.34. The van der Waals surface area contributed by atoms with Crippen LogP contribution in [0.3, 0.4) is 0 Å². The lowest BCUT2D eigenvalue weighted by atomic mass is 10.1. The molecule has 1 heterocycles. The zero-order valence-electron chi connectivity index (χ0n) is 13.5. The number of benzene rings is 1. The first-order valence-corrected chi connectivity index (χ1v) is 8.14. The Balaban J connectivity index is 2.14. The molecule has 1 atom stereocenters. The minimum atomic E-state index is -0.0826. The first-order valence-electron chi connectivity index (χ1n) is 7.27. The summed E-state index contributed by atoms with van der Waals surface area (Å²) < 4.78 is 10.6. The van der Waals surface area contributed by atoms with E-state index >= 15 is 0 Å². The number of carbonyl (C=O) groups is 1. The normalized spacial score (nSPS) is 11.8. The van der Waals surface area contributed by atoms with Gasteiger partial charge in [0.05, 0.1) is 19.9 Å². The molecule has 0 fully saturated rings. The van der Waals surface area contributed by atoms with E-state index in [2.05, 4.69) is 10.3 Å². The van der Waals surface area contributed by atoms with Crippen LogP contribution in [0.1, 0.15) is 19.8 Å². The number of hydrogen-bond donors (Lipinski definition) is 2. The summed E-state index contributed by atoms with van der Waals surface area (Å²) in [6.45, 7) is 1.88. The van der Waals surface area contributed by atoms with Crippen molar-refractivity contribution < 1.29 is 14.3 Å². The van der Waals surface area contributed by atoms with Crippen LogP contribution in [0.5, 0.6) is 11.5 Å². The molecule has 1 unspecified atom stereocenters. The molecule has 0 aliphatic heterocycles. The first kappa shape index (κ1) is 17.2. The summed E-state index contributed by atoms with van der Waals surface area (Å²) in [5, 5.41) is 5.22. The number of anilines is 1. The highest BCUT2D eigenvalue weighted by molar-refractivity contribution is 7.14.